The van der Waals surface area contributed by atoms with E-state index in [1.165, 1.54) is 0 Å². The minimum absolute atomic E-state index is 0.513. The average molecular weight is 460 g/mol. The van der Waals surface area contributed by atoms with Gasteiger partial charge in [0.1, 0.15) is 5.69 Å². The van der Waals surface area contributed by atoms with Gasteiger partial charge < -0.3 is 29.7 Å². The Bertz CT molecular complexity index is 1280. The first kappa shape index (κ1) is 23.4. The second-order valence-corrected chi connectivity index (χ2v) is 8.61. The number of fused-ring (bicyclic) bond motifs is 1. The molecule has 0 spiro atoms. The molecular formula is C26H33N7O. The lowest BCUT2D eigenvalue weighted by Gasteiger charge is -2.24. The molecule has 178 valence electrons. The van der Waals surface area contributed by atoms with Gasteiger partial charge in [0, 0.05) is 62.6 Å². The van der Waals surface area contributed by atoms with Crippen molar-refractivity contribution >= 4 is 33.9 Å². The van der Waals surface area contributed by atoms with E-state index in [1.54, 1.807) is 13.3 Å². The summed E-state index contributed by atoms with van der Waals surface area (Å²) in [7, 11) is 11.9. The molecule has 0 aliphatic carbocycles. The van der Waals surface area contributed by atoms with Gasteiger partial charge in [0.2, 0.25) is 5.95 Å². The van der Waals surface area contributed by atoms with Crippen LogP contribution in [0.3, 0.4) is 0 Å². The molecule has 0 radical (unpaired) electrons. The molecule has 0 unspecified atom stereocenters. The third-order valence-corrected chi connectivity index (χ3v) is 5.94. The van der Waals surface area contributed by atoms with Crippen molar-refractivity contribution in [2.75, 3.05) is 63.9 Å². The number of hydrogen-bond acceptors (Lipinski definition) is 7. The lowest BCUT2D eigenvalue weighted by atomic mass is 10.1. The maximum absolute atomic E-state index is 5.60. The van der Waals surface area contributed by atoms with Crippen LogP contribution in [0.15, 0.2) is 54.9 Å². The number of nitrogens with one attached hydrogen (secondary N) is 2. The van der Waals surface area contributed by atoms with Crippen LogP contribution in [0.1, 0.15) is 0 Å². The van der Waals surface area contributed by atoms with Gasteiger partial charge in [0.15, 0.2) is 5.75 Å². The molecule has 34 heavy (non-hydrogen) atoms. The van der Waals surface area contributed by atoms with Crippen molar-refractivity contribution in [3.63, 3.8) is 0 Å². The number of methoxy groups -OCH3 is 1. The van der Waals surface area contributed by atoms with Crippen LogP contribution in [-0.2, 0) is 7.05 Å². The molecule has 0 atom stereocenters. The molecule has 0 saturated carbocycles. The summed E-state index contributed by atoms with van der Waals surface area (Å²) in [6.07, 6.45) is 3.80. The van der Waals surface area contributed by atoms with Gasteiger partial charge in [-0.3, -0.25) is 0 Å². The van der Waals surface area contributed by atoms with E-state index in [-0.39, 0.29) is 0 Å². The second-order valence-electron chi connectivity index (χ2n) is 8.61. The zero-order chi connectivity index (χ0) is 24.2. The van der Waals surface area contributed by atoms with E-state index in [1.807, 2.05) is 32.3 Å². The summed E-state index contributed by atoms with van der Waals surface area (Å²) in [5, 5.41) is 7.79. The number of aromatic nitrogens is 3. The van der Waals surface area contributed by atoms with E-state index in [0.29, 0.717) is 11.7 Å². The van der Waals surface area contributed by atoms with Crippen LogP contribution in [0.25, 0.3) is 22.2 Å². The van der Waals surface area contributed by atoms with Gasteiger partial charge in [-0.1, -0.05) is 18.2 Å². The van der Waals surface area contributed by atoms with Gasteiger partial charge in [0.05, 0.1) is 24.7 Å². The summed E-state index contributed by atoms with van der Waals surface area (Å²) in [5.41, 5.74) is 5.99. The van der Waals surface area contributed by atoms with E-state index in [2.05, 4.69) is 81.6 Å². The minimum atomic E-state index is 0.513. The van der Waals surface area contributed by atoms with Gasteiger partial charge >= 0.3 is 0 Å². The molecule has 4 rings (SSSR count). The highest BCUT2D eigenvalue weighted by atomic mass is 16.5. The van der Waals surface area contributed by atoms with Crippen LogP contribution in [0.4, 0.5) is 23.0 Å². The average Bonchev–Trinajstić information content (AvgIpc) is 3.18. The molecule has 8 heteroatoms. The fourth-order valence-corrected chi connectivity index (χ4v) is 4.05. The third-order valence-electron chi connectivity index (χ3n) is 5.94. The van der Waals surface area contributed by atoms with E-state index < -0.39 is 0 Å². The zero-order valence-electron chi connectivity index (χ0n) is 20.8. The zero-order valence-corrected chi connectivity index (χ0v) is 20.8. The van der Waals surface area contributed by atoms with Gasteiger partial charge in [-0.25, -0.2) is 9.97 Å². The summed E-state index contributed by atoms with van der Waals surface area (Å²) in [5.74, 6) is 1.15. The third kappa shape index (κ3) is 4.77. The number of rotatable bonds is 9. The highest BCUT2D eigenvalue weighted by Gasteiger charge is 2.16. The molecule has 2 aromatic heterocycles. The SMILES string of the molecule is CNc1cc(Nc2ncc(OC)c(-c3cn(C)c4ccccc34)n2)ccc1N(C)CCN(C)C. The first-order chi connectivity index (χ1) is 16.4. The molecule has 0 amide bonds. The van der Waals surface area contributed by atoms with Gasteiger partial charge in [-0.15, -0.1) is 0 Å². The topological polar surface area (TPSA) is 70.5 Å². The van der Waals surface area contributed by atoms with Crippen molar-refractivity contribution in [2.45, 2.75) is 0 Å². The Morgan fingerprint density at radius 2 is 1.85 bits per heavy atom. The number of likely N-dealkylation sites (N-methyl/N-ethyl adjacent to an activating group) is 2. The lowest BCUT2D eigenvalue weighted by Crippen LogP contribution is -2.28. The van der Waals surface area contributed by atoms with E-state index in [4.69, 9.17) is 9.72 Å². The number of benzene rings is 2. The van der Waals surface area contributed by atoms with Crippen molar-refractivity contribution in [1.29, 1.82) is 0 Å². The normalized spacial score (nSPS) is 11.1. The Morgan fingerprint density at radius 1 is 1.06 bits per heavy atom. The van der Waals surface area contributed by atoms with Crippen molar-refractivity contribution < 1.29 is 4.74 Å². The summed E-state index contributed by atoms with van der Waals surface area (Å²) in [6, 6.07) is 14.5. The quantitative estimate of drug-likeness (QED) is 0.384. The summed E-state index contributed by atoms with van der Waals surface area (Å²) < 4.78 is 7.70. The van der Waals surface area contributed by atoms with Gasteiger partial charge in [-0.2, -0.15) is 0 Å². The number of para-hydroxylation sites is 1. The maximum atomic E-state index is 5.60. The summed E-state index contributed by atoms with van der Waals surface area (Å²) in [6.45, 7) is 1.92. The summed E-state index contributed by atoms with van der Waals surface area (Å²) in [4.78, 5) is 13.8. The smallest absolute Gasteiger partial charge is 0.227 e. The fourth-order valence-electron chi connectivity index (χ4n) is 4.05. The van der Waals surface area contributed by atoms with E-state index >= 15 is 0 Å². The number of nitrogens with zero attached hydrogens (tertiary/aromatic N) is 5. The van der Waals surface area contributed by atoms with Crippen LogP contribution in [0, 0.1) is 0 Å². The minimum Gasteiger partial charge on any atom is -0.493 e. The van der Waals surface area contributed by atoms with Crippen molar-refractivity contribution in [1.82, 2.24) is 19.4 Å². The molecule has 0 aliphatic rings. The van der Waals surface area contributed by atoms with Crippen molar-refractivity contribution in [3.05, 3.63) is 54.9 Å². The molecular weight excluding hydrogens is 426 g/mol. The molecule has 4 aromatic rings. The number of hydrogen-bond donors (Lipinski definition) is 2. The monoisotopic (exact) mass is 459 g/mol. The molecule has 0 bridgehead atoms. The number of anilines is 4. The molecule has 0 fully saturated rings. The van der Waals surface area contributed by atoms with Gasteiger partial charge in [-0.05, 0) is 38.4 Å². The standard InChI is InChI=1S/C26H33N7O/c1-27-21-15-18(11-12-23(21)32(4)14-13-31(2)3)29-26-28-16-24(34-6)25(30-26)20-17-33(5)22-10-8-7-9-19(20)22/h7-12,15-17,27H,13-14H2,1-6H3,(H,28,29,30). The Labute approximate surface area is 201 Å². The Morgan fingerprint density at radius 3 is 2.59 bits per heavy atom. The van der Waals surface area contributed by atoms with Crippen LogP contribution in [0.2, 0.25) is 0 Å². The Balaban J connectivity index is 1.65. The highest BCUT2D eigenvalue weighted by Crippen LogP contribution is 2.35. The van der Waals surface area contributed by atoms with Crippen LogP contribution in [-0.4, -0.2) is 67.8 Å². The highest BCUT2D eigenvalue weighted by molar-refractivity contribution is 5.96. The Hall–Kier alpha value is -3.78. The molecule has 8 nitrogen and oxygen atoms in total. The summed E-state index contributed by atoms with van der Waals surface area (Å²) >= 11 is 0. The molecule has 0 saturated heterocycles. The molecule has 0 aliphatic heterocycles. The first-order valence-corrected chi connectivity index (χ1v) is 11.3. The van der Waals surface area contributed by atoms with Crippen LogP contribution >= 0.6 is 0 Å². The predicted octanol–water partition coefficient (Wildman–Crippen LogP) is 4.43. The molecule has 2 aromatic carbocycles. The molecule has 2 heterocycles. The fraction of sp³-hybridized carbons (Fsp3) is 0.308. The number of ether oxygens (including phenoxy) is 1. The van der Waals surface area contributed by atoms with Crippen molar-refractivity contribution in [3.8, 4) is 17.0 Å². The largest absolute Gasteiger partial charge is 0.493 e. The first-order valence-electron chi connectivity index (χ1n) is 11.3. The lowest BCUT2D eigenvalue weighted by molar-refractivity contribution is 0.413. The molecule has 2 N–H and O–H groups in total. The van der Waals surface area contributed by atoms with E-state index in [9.17, 15) is 0 Å². The van der Waals surface area contributed by atoms with E-state index in [0.717, 1.165) is 52.3 Å². The predicted molar refractivity (Wildman–Crippen MR) is 142 cm³/mol. The second kappa shape index (κ2) is 10.0. The van der Waals surface area contributed by atoms with Crippen LogP contribution < -0.4 is 20.3 Å². The number of aryl methyl sites for hydroxylation is 1. The maximum Gasteiger partial charge on any atom is 0.227 e. The van der Waals surface area contributed by atoms with Crippen LogP contribution in [0.5, 0.6) is 5.75 Å². The van der Waals surface area contributed by atoms with Gasteiger partial charge in [0.25, 0.3) is 0 Å². The van der Waals surface area contributed by atoms with Crippen molar-refractivity contribution in [2.24, 2.45) is 7.05 Å². The Kier molecular flexibility index (Phi) is 6.88.